The molecule has 7 nitrogen and oxygen atoms in total. The van der Waals surface area contributed by atoms with E-state index in [2.05, 4.69) is 32.0 Å². The van der Waals surface area contributed by atoms with Crippen molar-refractivity contribution in [3.05, 3.63) is 64.5 Å². The monoisotopic (exact) mass is 377 g/mol. The highest BCUT2D eigenvalue weighted by Gasteiger charge is 2.35. The second kappa shape index (κ2) is 6.91. The first kappa shape index (κ1) is 17.2. The van der Waals surface area contributed by atoms with Crippen molar-refractivity contribution in [2.75, 3.05) is 20.2 Å². The first-order valence-corrected chi connectivity index (χ1v) is 9.66. The van der Waals surface area contributed by atoms with Crippen LogP contribution in [0.15, 0.2) is 47.7 Å². The van der Waals surface area contributed by atoms with E-state index in [1.165, 1.54) is 0 Å². The molecule has 7 heteroatoms. The number of rotatable bonds is 4. The van der Waals surface area contributed by atoms with Crippen LogP contribution in [0.5, 0.6) is 5.88 Å². The Morgan fingerprint density at radius 2 is 2.11 bits per heavy atom. The van der Waals surface area contributed by atoms with Gasteiger partial charge in [0.1, 0.15) is 5.82 Å². The lowest BCUT2D eigenvalue weighted by Crippen LogP contribution is -2.47. The standard InChI is InChI=1S/C21H23N5O2/c1-28-20-15(3-2-6-24-20)12-25-10-14-9-16(13-25)18-5-4-17(19-22-7-8-23-19)21(27)26(18)11-14/h2-8,14,16H,9-13H2,1H3,(H,22,23)/t14-,16+/m0/s1. The molecule has 5 heterocycles. The van der Waals surface area contributed by atoms with Gasteiger partial charge in [-0.25, -0.2) is 9.97 Å². The summed E-state index contributed by atoms with van der Waals surface area (Å²) in [6.07, 6.45) is 6.32. The molecule has 1 N–H and O–H groups in total. The van der Waals surface area contributed by atoms with Gasteiger partial charge in [-0.05, 0) is 30.5 Å². The number of ether oxygens (including phenoxy) is 1. The van der Waals surface area contributed by atoms with E-state index in [0.29, 0.717) is 29.1 Å². The number of hydrogen-bond donors (Lipinski definition) is 1. The smallest absolute Gasteiger partial charge is 0.261 e. The van der Waals surface area contributed by atoms with Crippen LogP contribution in [0.3, 0.4) is 0 Å². The zero-order chi connectivity index (χ0) is 19.1. The van der Waals surface area contributed by atoms with E-state index in [1.54, 1.807) is 25.7 Å². The normalized spacial score (nSPS) is 21.3. The van der Waals surface area contributed by atoms with E-state index in [9.17, 15) is 4.79 Å². The number of methoxy groups -OCH3 is 1. The molecule has 5 rings (SSSR count). The number of nitrogens with zero attached hydrogens (tertiary/aromatic N) is 4. The summed E-state index contributed by atoms with van der Waals surface area (Å²) in [5, 5.41) is 0. The molecule has 1 fully saturated rings. The molecule has 3 aromatic heterocycles. The molecule has 1 saturated heterocycles. The maximum atomic E-state index is 13.1. The van der Waals surface area contributed by atoms with Crippen molar-refractivity contribution in [3.63, 3.8) is 0 Å². The quantitative estimate of drug-likeness (QED) is 0.755. The molecule has 0 spiro atoms. The van der Waals surface area contributed by atoms with Crippen molar-refractivity contribution >= 4 is 0 Å². The number of piperidine rings is 1. The topological polar surface area (TPSA) is 76.0 Å². The largest absolute Gasteiger partial charge is 0.481 e. The molecule has 0 radical (unpaired) electrons. The van der Waals surface area contributed by atoms with E-state index >= 15 is 0 Å². The fourth-order valence-electron chi connectivity index (χ4n) is 4.74. The van der Waals surface area contributed by atoms with Gasteiger partial charge in [0, 0.05) is 61.9 Å². The highest BCUT2D eigenvalue weighted by atomic mass is 16.5. The molecule has 144 valence electrons. The number of imidazole rings is 1. The Hall–Kier alpha value is -2.93. The van der Waals surface area contributed by atoms with E-state index in [0.717, 1.165) is 43.9 Å². The van der Waals surface area contributed by atoms with Crippen LogP contribution in [0.25, 0.3) is 11.4 Å². The number of aromatic amines is 1. The molecule has 2 aliphatic rings. The fraction of sp³-hybridized carbons (Fsp3) is 0.381. The Kier molecular flexibility index (Phi) is 4.24. The SMILES string of the molecule is COc1ncccc1CN1C[C@@H]2C[C@H](C1)c1ccc(-c3ncc[nH]3)c(=O)n1C2. The highest BCUT2D eigenvalue weighted by molar-refractivity contribution is 5.53. The molecule has 3 aromatic rings. The minimum absolute atomic E-state index is 0.0597. The average molecular weight is 377 g/mol. The van der Waals surface area contributed by atoms with Gasteiger partial charge in [-0.2, -0.15) is 0 Å². The average Bonchev–Trinajstić information content (AvgIpc) is 3.24. The molecule has 0 aromatic carbocycles. The van der Waals surface area contributed by atoms with Crippen molar-refractivity contribution in [2.24, 2.45) is 5.92 Å². The van der Waals surface area contributed by atoms with Crippen molar-refractivity contribution < 1.29 is 4.74 Å². The van der Waals surface area contributed by atoms with Gasteiger partial charge in [0.15, 0.2) is 0 Å². The van der Waals surface area contributed by atoms with Gasteiger partial charge in [0.25, 0.3) is 5.56 Å². The van der Waals surface area contributed by atoms with E-state index < -0.39 is 0 Å². The Bertz CT molecular complexity index is 1040. The molecule has 0 amide bonds. The van der Waals surface area contributed by atoms with Crippen LogP contribution in [0, 0.1) is 5.92 Å². The number of H-pyrrole nitrogens is 1. The molecule has 28 heavy (non-hydrogen) atoms. The lowest BCUT2D eigenvalue weighted by atomic mass is 9.83. The number of fused-ring (bicyclic) bond motifs is 4. The van der Waals surface area contributed by atoms with Crippen molar-refractivity contribution in [3.8, 4) is 17.3 Å². The van der Waals surface area contributed by atoms with Gasteiger partial charge in [0.05, 0.1) is 12.7 Å². The summed E-state index contributed by atoms with van der Waals surface area (Å²) in [4.78, 5) is 27.1. The van der Waals surface area contributed by atoms with Crippen LogP contribution in [-0.4, -0.2) is 44.6 Å². The molecule has 0 aliphatic carbocycles. The van der Waals surface area contributed by atoms with Crippen LogP contribution < -0.4 is 10.3 Å². The number of likely N-dealkylation sites (tertiary alicyclic amines) is 1. The predicted molar refractivity (Wildman–Crippen MR) is 105 cm³/mol. The van der Waals surface area contributed by atoms with Crippen molar-refractivity contribution in [2.45, 2.75) is 25.4 Å². The minimum Gasteiger partial charge on any atom is -0.481 e. The van der Waals surface area contributed by atoms with Gasteiger partial charge in [-0.1, -0.05) is 6.07 Å². The van der Waals surface area contributed by atoms with Crippen LogP contribution >= 0.6 is 0 Å². The Morgan fingerprint density at radius 3 is 2.93 bits per heavy atom. The summed E-state index contributed by atoms with van der Waals surface area (Å²) in [5.74, 6) is 2.17. The Labute approximate surface area is 163 Å². The number of pyridine rings is 2. The number of nitrogens with one attached hydrogen (secondary N) is 1. The van der Waals surface area contributed by atoms with Gasteiger partial charge >= 0.3 is 0 Å². The number of hydrogen-bond acceptors (Lipinski definition) is 5. The van der Waals surface area contributed by atoms with Gasteiger partial charge in [0.2, 0.25) is 5.88 Å². The van der Waals surface area contributed by atoms with Gasteiger partial charge in [-0.15, -0.1) is 0 Å². The molecular weight excluding hydrogens is 354 g/mol. The minimum atomic E-state index is 0.0597. The first-order chi connectivity index (χ1) is 13.7. The maximum absolute atomic E-state index is 13.1. The summed E-state index contributed by atoms with van der Waals surface area (Å²) < 4.78 is 7.38. The van der Waals surface area contributed by atoms with Crippen molar-refractivity contribution in [1.29, 1.82) is 0 Å². The van der Waals surface area contributed by atoms with Crippen LogP contribution in [-0.2, 0) is 13.1 Å². The summed E-state index contributed by atoms with van der Waals surface area (Å²) in [6.45, 7) is 3.50. The summed E-state index contributed by atoms with van der Waals surface area (Å²) >= 11 is 0. The third kappa shape index (κ3) is 2.92. The number of aromatic nitrogens is 4. The second-order valence-electron chi connectivity index (χ2n) is 7.69. The van der Waals surface area contributed by atoms with Gasteiger partial charge in [-0.3, -0.25) is 9.69 Å². The lowest BCUT2D eigenvalue weighted by molar-refractivity contribution is 0.113. The zero-order valence-corrected chi connectivity index (χ0v) is 15.8. The molecule has 2 atom stereocenters. The Balaban J connectivity index is 1.42. The molecular formula is C21H23N5O2. The summed E-state index contributed by atoms with van der Waals surface area (Å²) in [7, 11) is 1.66. The van der Waals surface area contributed by atoms with E-state index in [4.69, 9.17) is 4.74 Å². The zero-order valence-electron chi connectivity index (χ0n) is 15.8. The highest BCUT2D eigenvalue weighted by Crippen LogP contribution is 2.36. The fourth-order valence-corrected chi connectivity index (χ4v) is 4.74. The molecule has 0 unspecified atom stereocenters. The maximum Gasteiger partial charge on any atom is 0.261 e. The lowest BCUT2D eigenvalue weighted by Gasteiger charge is -2.43. The molecule has 0 saturated carbocycles. The third-order valence-corrected chi connectivity index (χ3v) is 5.87. The first-order valence-electron chi connectivity index (χ1n) is 9.66. The second-order valence-corrected chi connectivity index (χ2v) is 7.69. The van der Waals surface area contributed by atoms with Gasteiger partial charge < -0.3 is 14.3 Å². The Morgan fingerprint density at radius 1 is 1.18 bits per heavy atom. The van der Waals surface area contributed by atoms with E-state index in [1.807, 2.05) is 16.7 Å². The predicted octanol–water partition coefficient (Wildman–Crippen LogP) is 2.26. The molecule has 2 bridgehead atoms. The van der Waals surface area contributed by atoms with Crippen LogP contribution in [0.2, 0.25) is 0 Å². The van der Waals surface area contributed by atoms with Crippen LogP contribution in [0.1, 0.15) is 23.6 Å². The summed E-state index contributed by atoms with van der Waals surface area (Å²) in [5.41, 5.74) is 2.95. The van der Waals surface area contributed by atoms with E-state index in [-0.39, 0.29) is 5.56 Å². The molecule has 2 aliphatic heterocycles. The summed E-state index contributed by atoms with van der Waals surface area (Å²) in [6, 6.07) is 8.04. The van der Waals surface area contributed by atoms with Crippen LogP contribution in [0.4, 0.5) is 0 Å². The van der Waals surface area contributed by atoms with Crippen molar-refractivity contribution in [1.82, 2.24) is 24.4 Å². The third-order valence-electron chi connectivity index (χ3n) is 5.87.